The van der Waals surface area contributed by atoms with Crippen molar-refractivity contribution in [3.8, 4) is 0 Å². The Balaban J connectivity index is 1.91. The first-order valence-electron chi connectivity index (χ1n) is 8.19. The first kappa shape index (κ1) is 18.1. The molecule has 0 N–H and O–H groups in total. The third-order valence-electron chi connectivity index (χ3n) is 4.82. The minimum atomic E-state index is -3.56. The van der Waals surface area contributed by atoms with Crippen molar-refractivity contribution in [2.45, 2.75) is 30.4 Å². The van der Waals surface area contributed by atoms with Crippen molar-refractivity contribution in [2.75, 3.05) is 20.4 Å². The second kappa shape index (κ2) is 6.88. The average Bonchev–Trinajstić information content (AvgIpc) is 2.62. The van der Waals surface area contributed by atoms with Crippen LogP contribution in [-0.4, -0.2) is 39.2 Å². The van der Waals surface area contributed by atoms with Gasteiger partial charge >= 0.3 is 0 Å². The van der Waals surface area contributed by atoms with E-state index in [0.29, 0.717) is 4.90 Å². The number of rotatable bonds is 6. The lowest BCUT2D eigenvalue weighted by Crippen LogP contribution is -2.68. The minimum absolute atomic E-state index is 0.109. The lowest BCUT2D eigenvalue weighted by molar-refractivity contribution is -0.206. The Labute approximate surface area is 149 Å². The van der Waals surface area contributed by atoms with Gasteiger partial charge in [-0.2, -0.15) is 4.31 Å². The molecule has 0 amide bonds. The molecule has 0 aliphatic carbocycles. The highest BCUT2D eigenvalue weighted by Crippen LogP contribution is 2.44. The molecule has 0 aromatic heterocycles. The number of nitrogens with zero attached hydrogens (tertiary/aromatic N) is 1. The molecule has 6 heteroatoms. The maximum absolute atomic E-state index is 13.0. The molecule has 0 bridgehead atoms. The number of hydrogen-bond donors (Lipinski definition) is 0. The normalized spacial score (nSPS) is 24.0. The van der Waals surface area contributed by atoms with Crippen LogP contribution in [0.4, 0.5) is 0 Å². The van der Waals surface area contributed by atoms with Gasteiger partial charge in [-0.3, -0.25) is 0 Å². The van der Waals surface area contributed by atoms with Gasteiger partial charge in [-0.05, 0) is 31.5 Å². The van der Waals surface area contributed by atoms with Gasteiger partial charge in [-0.25, -0.2) is 8.42 Å². The molecule has 25 heavy (non-hydrogen) atoms. The van der Waals surface area contributed by atoms with Crippen LogP contribution in [0.15, 0.2) is 59.5 Å². The van der Waals surface area contributed by atoms with Crippen LogP contribution >= 0.6 is 0 Å². The predicted octanol–water partition coefficient (Wildman–Crippen LogP) is 2.90. The number of methoxy groups -OCH3 is 1. The lowest BCUT2D eigenvalue weighted by atomic mass is 9.80. The highest BCUT2D eigenvalue weighted by Gasteiger charge is 2.57. The SMILES string of the molecule is COCO[C@]1(c2ccccc2)CN(S(=O)(=O)c2ccc(C)cc2)[C@@H]1C. The van der Waals surface area contributed by atoms with E-state index in [2.05, 4.69) is 0 Å². The molecule has 2 aromatic rings. The largest absolute Gasteiger partial charge is 0.359 e. The van der Waals surface area contributed by atoms with Crippen molar-refractivity contribution in [1.29, 1.82) is 0 Å². The Morgan fingerprint density at radius 2 is 1.76 bits per heavy atom. The molecule has 2 aromatic carbocycles. The second-order valence-corrected chi connectivity index (χ2v) is 8.24. The van der Waals surface area contributed by atoms with Gasteiger partial charge in [0.05, 0.1) is 10.9 Å². The summed E-state index contributed by atoms with van der Waals surface area (Å²) < 4.78 is 38.5. The maximum Gasteiger partial charge on any atom is 0.243 e. The highest BCUT2D eigenvalue weighted by atomic mass is 32.2. The van der Waals surface area contributed by atoms with Crippen molar-refractivity contribution in [3.63, 3.8) is 0 Å². The molecule has 1 heterocycles. The summed E-state index contributed by atoms with van der Waals surface area (Å²) in [4.78, 5) is 0.304. The Morgan fingerprint density at radius 1 is 1.12 bits per heavy atom. The van der Waals surface area contributed by atoms with Crippen molar-refractivity contribution < 1.29 is 17.9 Å². The summed E-state index contributed by atoms with van der Waals surface area (Å²) in [6.45, 7) is 4.18. The molecular weight excluding hydrogens is 338 g/mol. The Hall–Kier alpha value is -1.73. The van der Waals surface area contributed by atoms with Gasteiger partial charge in [-0.1, -0.05) is 48.0 Å². The van der Waals surface area contributed by atoms with Crippen LogP contribution < -0.4 is 0 Å². The highest BCUT2D eigenvalue weighted by molar-refractivity contribution is 7.89. The molecule has 2 atom stereocenters. The standard InChI is InChI=1S/C19H23NO4S/c1-15-9-11-18(12-10-15)25(21,22)20-13-19(16(20)2,24-14-23-3)17-7-5-4-6-8-17/h4-12,16H,13-14H2,1-3H3/t16-,19-/m1/s1. The summed E-state index contributed by atoms with van der Waals surface area (Å²) in [6, 6.07) is 16.3. The van der Waals surface area contributed by atoms with Crippen LogP contribution in [0.3, 0.4) is 0 Å². The van der Waals surface area contributed by atoms with E-state index in [1.165, 1.54) is 4.31 Å². The summed E-state index contributed by atoms with van der Waals surface area (Å²) in [7, 11) is -2.00. The average molecular weight is 361 g/mol. The topological polar surface area (TPSA) is 55.8 Å². The molecule has 134 valence electrons. The number of aryl methyl sites for hydroxylation is 1. The number of benzene rings is 2. The van der Waals surface area contributed by atoms with E-state index in [1.54, 1.807) is 19.2 Å². The Kier molecular flexibility index (Phi) is 4.97. The van der Waals surface area contributed by atoms with E-state index >= 15 is 0 Å². The van der Waals surface area contributed by atoms with Crippen LogP contribution in [0.25, 0.3) is 0 Å². The monoisotopic (exact) mass is 361 g/mol. The van der Waals surface area contributed by atoms with Crippen molar-refractivity contribution in [2.24, 2.45) is 0 Å². The predicted molar refractivity (Wildman–Crippen MR) is 95.6 cm³/mol. The fourth-order valence-corrected chi connectivity index (χ4v) is 4.93. The molecule has 1 aliphatic heterocycles. The smallest absolute Gasteiger partial charge is 0.243 e. The number of sulfonamides is 1. The van der Waals surface area contributed by atoms with E-state index in [4.69, 9.17) is 9.47 Å². The van der Waals surface area contributed by atoms with Gasteiger partial charge in [0.25, 0.3) is 0 Å². The number of hydrogen-bond acceptors (Lipinski definition) is 4. The van der Waals surface area contributed by atoms with Crippen LogP contribution in [-0.2, 0) is 25.1 Å². The van der Waals surface area contributed by atoms with Gasteiger partial charge in [-0.15, -0.1) is 0 Å². The summed E-state index contributed by atoms with van der Waals surface area (Å²) in [5.41, 5.74) is 1.28. The van der Waals surface area contributed by atoms with Gasteiger partial charge in [0.15, 0.2) is 0 Å². The maximum atomic E-state index is 13.0. The quantitative estimate of drug-likeness (QED) is 0.743. The lowest BCUT2D eigenvalue weighted by Gasteiger charge is -2.54. The van der Waals surface area contributed by atoms with Gasteiger partial charge in [0, 0.05) is 13.7 Å². The van der Waals surface area contributed by atoms with Crippen molar-refractivity contribution in [1.82, 2.24) is 4.31 Å². The van der Waals surface area contributed by atoms with Crippen LogP contribution in [0.5, 0.6) is 0 Å². The fourth-order valence-electron chi connectivity index (χ4n) is 3.23. The summed E-state index contributed by atoms with van der Waals surface area (Å²) in [5.74, 6) is 0. The summed E-state index contributed by atoms with van der Waals surface area (Å²) >= 11 is 0. The van der Waals surface area contributed by atoms with E-state index in [1.807, 2.05) is 56.3 Å². The van der Waals surface area contributed by atoms with E-state index < -0.39 is 15.6 Å². The zero-order chi connectivity index (χ0) is 18.1. The molecule has 0 unspecified atom stereocenters. The van der Waals surface area contributed by atoms with E-state index in [0.717, 1.165) is 11.1 Å². The van der Waals surface area contributed by atoms with Crippen molar-refractivity contribution in [3.05, 3.63) is 65.7 Å². The van der Waals surface area contributed by atoms with Crippen LogP contribution in [0.2, 0.25) is 0 Å². The molecule has 0 saturated carbocycles. The van der Waals surface area contributed by atoms with Crippen LogP contribution in [0, 0.1) is 6.92 Å². The third-order valence-corrected chi connectivity index (χ3v) is 6.75. The van der Waals surface area contributed by atoms with Crippen LogP contribution in [0.1, 0.15) is 18.1 Å². The molecule has 5 nitrogen and oxygen atoms in total. The molecule has 1 fully saturated rings. The summed E-state index contributed by atoms with van der Waals surface area (Å²) in [6.07, 6.45) is 0. The molecule has 1 aliphatic rings. The molecule has 0 radical (unpaired) electrons. The summed E-state index contributed by atoms with van der Waals surface area (Å²) in [5, 5.41) is 0. The number of ether oxygens (including phenoxy) is 2. The molecule has 3 rings (SSSR count). The first-order valence-corrected chi connectivity index (χ1v) is 9.63. The minimum Gasteiger partial charge on any atom is -0.359 e. The van der Waals surface area contributed by atoms with Gasteiger partial charge in [0.1, 0.15) is 12.4 Å². The third kappa shape index (κ3) is 3.11. The van der Waals surface area contributed by atoms with Crippen molar-refractivity contribution >= 4 is 10.0 Å². The zero-order valence-electron chi connectivity index (χ0n) is 14.7. The first-order chi connectivity index (χ1) is 11.9. The Morgan fingerprint density at radius 3 is 2.32 bits per heavy atom. The van der Waals surface area contributed by atoms with E-state index in [9.17, 15) is 8.42 Å². The Bertz CT molecular complexity index is 820. The molecular formula is C19H23NO4S. The van der Waals surface area contributed by atoms with Gasteiger partial charge in [0.2, 0.25) is 10.0 Å². The van der Waals surface area contributed by atoms with Gasteiger partial charge < -0.3 is 9.47 Å². The zero-order valence-corrected chi connectivity index (χ0v) is 15.5. The molecule has 1 saturated heterocycles. The second-order valence-electron chi connectivity index (χ2n) is 6.35. The fraction of sp³-hybridized carbons (Fsp3) is 0.368. The van der Waals surface area contributed by atoms with E-state index in [-0.39, 0.29) is 19.4 Å². The molecule has 0 spiro atoms.